The number of halogens is 2. The van der Waals surface area contributed by atoms with Gasteiger partial charge in [-0.2, -0.15) is 14.0 Å². The number of ether oxygens (including phenoxy) is 2. The third kappa shape index (κ3) is 4.39. The average Bonchev–Trinajstić information content (AvgIpc) is 3.51. The number of nitrogens with zero attached hydrogens (tertiary/aromatic N) is 3. The lowest BCUT2D eigenvalue weighted by molar-refractivity contribution is -0.0502. The van der Waals surface area contributed by atoms with Gasteiger partial charge < -0.3 is 14.6 Å². The zero-order valence-corrected chi connectivity index (χ0v) is 18.2. The van der Waals surface area contributed by atoms with E-state index in [2.05, 4.69) is 11.1 Å². The molecule has 172 valence electrons. The van der Waals surface area contributed by atoms with Gasteiger partial charge in [0.15, 0.2) is 5.78 Å². The highest BCUT2D eigenvalue weighted by atomic mass is 19.3. The van der Waals surface area contributed by atoms with Gasteiger partial charge in [0, 0.05) is 18.2 Å². The third-order valence-corrected chi connectivity index (χ3v) is 5.96. The summed E-state index contributed by atoms with van der Waals surface area (Å²) in [5.74, 6) is -0.113. The van der Waals surface area contributed by atoms with E-state index in [1.807, 2.05) is 0 Å². The first kappa shape index (κ1) is 22.7. The van der Waals surface area contributed by atoms with E-state index < -0.39 is 12.0 Å². The number of rotatable bonds is 9. The lowest BCUT2D eigenvalue weighted by atomic mass is 9.85. The standard InChI is InChI=1S/C24H23F2N3O4/c1-24(12-27,13-30)16-5-6-29-17(11-28-21(29)10-16)15-8-19(32-2)22(18(31)7-14-3-4-14)20(9-15)33-23(25)26/h5-6,8-11,14,23,30H,3-4,7,13H2,1-2H3. The number of fused-ring (bicyclic) bond motifs is 1. The maximum Gasteiger partial charge on any atom is 0.387 e. The summed E-state index contributed by atoms with van der Waals surface area (Å²) in [5, 5.41) is 19.0. The first-order valence-electron chi connectivity index (χ1n) is 10.5. The van der Waals surface area contributed by atoms with Crippen LogP contribution in [0.5, 0.6) is 11.5 Å². The smallest absolute Gasteiger partial charge is 0.387 e. The largest absolute Gasteiger partial charge is 0.496 e. The maximum atomic E-state index is 13.2. The lowest BCUT2D eigenvalue weighted by Gasteiger charge is -2.19. The predicted octanol–water partition coefficient (Wildman–Crippen LogP) is 4.37. The van der Waals surface area contributed by atoms with Crippen LogP contribution in [-0.2, 0) is 5.41 Å². The second-order valence-electron chi connectivity index (χ2n) is 8.39. The molecular formula is C24H23F2N3O4. The Morgan fingerprint density at radius 3 is 2.70 bits per heavy atom. The van der Waals surface area contributed by atoms with Gasteiger partial charge in [0.05, 0.1) is 31.7 Å². The molecule has 2 heterocycles. The van der Waals surface area contributed by atoms with E-state index in [1.165, 1.54) is 13.2 Å². The molecule has 1 aliphatic carbocycles. The Labute approximate surface area is 189 Å². The molecule has 0 bridgehead atoms. The van der Waals surface area contributed by atoms with Crippen molar-refractivity contribution < 1.29 is 28.2 Å². The summed E-state index contributed by atoms with van der Waals surface area (Å²) in [6.45, 7) is -1.84. The normalized spacial score (nSPS) is 15.3. The molecule has 0 saturated heterocycles. The molecule has 33 heavy (non-hydrogen) atoms. The molecule has 1 fully saturated rings. The van der Waals surface area contributed by atoms with E-state index in [-0.39, 0.29) is 41.8 Å². The SMILES string of the molecule is COc1cc(-c2cnc3cc(C(C)(C#N)CO)ccn23)cc(OC(F)F)c1C(=O)CC1CC1. The zero-order valence-electron chi connectivity index (χ0n) is 18.2. The number of nitriles is 1. The molecule has 2 aromatic heterocycles. The minimum absolute atomic E-state index is 0.0114. The van der Waals surface area contributed by atoms with Crippen molar-refractivity contribution in [1.82, 2.24) is 9.38 Å². The number of benzene rings is 1. The third-order valence-electron chi connectivity index (χ3n) is 5.96. The quantitative estimate of drug-likeness (QED) is 0.482. The topological polar surface area (TPSA) is 96.8 Å². The number of Topliss-reactive ketones (excluding diaryl/α,β-unsaturated/α-hetero) is 1. The Balaban J connectivity index is 1.81. The summed E-state index contributed by atoms with van der Waals surface area (Å²) in [6, 6.07) is 8.47. The predicted molar refractivity (Wildman–Crippen MR) is 116 cm³/mol. The van der Waals surface area contributed by atoms with E-state index in [0.29, 0.717) is 22.5 Å². The van der Waals surface area contributed by atoms with E-state index >= 15 is 0 Å². The van der Waals surface area contributed by atoms with Crippen LogP contribution in [0.4, 0.5) is 8.78 Å². The summed E-state index contributed by atoms with van der Waals surface area (Å²) in [5.41, 5.74) is 1.05. The fourth-order valence-corrected chi connectivity index (χ4v) is 3.78. The Kier molecular flexibility index (Phi) is 6.04. The highest BCUT2D eigenvalue weighted by Gasteiger charge is 2.30. The van der Waals surface area contributed by atoms with Gasteiger partial charge in [0.25, 0.3) is 0 Å². The second-order valence-corrected chi connectivity index (χ2v) is 8.39. The summed E-state index contributed by atoms with van der Waals surface area (Å²) in [4.78, 5) is 17.2. The number of imidazole rings is 1. The second kappa shape index (κ2) is 8.79. The van der Waals surface area contributed by atoms with Crippen molar-refractivity contribution in [2.24, 2.45) is 5.92 Å². The van der Waals surface area contributed by atoms with Gasteiger partial charge in [-0.3, -0.25) is 9.20 Å². The van der Waals surface area contributed by atoms with Gasteiger partial charge in [-0.25, -0.2) is 4.98 Å². The van der Waals surface area contributed by atoms with Crippen LogP contribution in [0.25, 0.3) is 16.9 Å². The highest BCUT2D eigenvalue weighted by molar-refractivity contribution is 6.02. The number of carbonyl (C=O) groups is 1. The fraction of sp³-hybridized carbons (Fsp3) is 0.375. The number of aliphatic hydroxyl groups excluding tert-OH is 1. The number of alkyl halides is 2. The fourth-order valence-electron chi connectivity index (χ4n) is 3.78. The first-order chi connectivity index (χ1) is 15.8. The van der Waals surface area contributed by atoms with E-state index in [1.54, 1.807) is 41.9 Å². The molecule has 7 nitrogen and oxygen atoms in total. The highest BCUT2D eigenvalue weighted by Crippen LogP contribution is 2.40. The summed E-state index contributed by atoms with van der Waals surface area (Å²) in [6.07, 6.45) is 5.39. The molecule has 0 amide bonds. The van der Waals surface area contributed by atoms with E-state index in [4.69, 9.17) is 9.47 Å². The number of hydrogen-bond donors (Lipinski definition) is 1. The van der Waals surface area contributed by atoms with Crippen molar-refractivity contribution >= 4 is 11.4 Å². The van der Waals surface area contributed by atoms with Crippen molar-refractivity contribution in [1.29, 1.82) is 5.26 Å². The summed E-state index contributed by atoms with van der Waals surface area (Å²) < 4.78 is 38.2. The Morgan fingerprint density at radius 2 is 2.09 bits per heavy atom. The van der Waals surface area contributed by atoms with Crippen LogP contribution in [0.1, 0.15) is 42.1 Å². The summed E-state index contributed by atoms with van der Waals surface area (Å²) in [7, 11) is 1.37. The van der Waals surface area contributed by atoms with Gasteiger partial charge in [0.1, 0.15) is 28.1 Å². The van der Waals surface area contributed by atoms with Crippen LogP contribution in [0.3, 0.4) is 0 Å². The monoisotopic (exact) mass is 455 g/mol. The van der Waals surface area contributed by atoms with Crippen molar-refractivity contribution in [3.8, 4) is 28.8 Å². The maximum absolute atomic E-state index is 13.2. The number of aliphatic hydroxyl groups is 1. The minimum atomic E-state index is -3.11. The number of aromatic nitrogens is 2. The number of carbonyl (C=O) groups excluding carboxylic acids is 1. The molecule has 1 N–H and O–H groups in total. The number of pyridine rings is 1. The molecule has 9 heteroatoms. The molecule has 4 rings (SSSR count). The molecule has 0 aliphatic heterocycles. The summed E-state index contributed by atoms with van der Waals surface area (Å²) >= 11 is 0. The lowest BCUT2D eigenvalue weighted by Crippen LogP contribution is -2.24. The molecule has 1 aromatic carbocycles. The average molecular weight is 455 g/mol. The van der Waals surface area contributed by atoms with Crippen LogP contribution in [-0.4, -0.2) is 40.6 Å². The number of methoxy groups -OCH3 is 1. The Hall–Kier alpha value is -3.51. The van der Waals surface area contributed by atoms with Crippen LogP contribution < -0.4 is 9.47 Å². The van der Waals surface area contributed by atoms with Crippen molar-refractivity contribution in [3.05, 3.63) is 47.8 Å². The minimum Gasteiger partial charge on any atom is -0.496 e. The number of ketones is 1. The molecule has 1 saturated carbocycles. The number of hydrogen-bond acceptors (Lipinski definition) is 6. The first-order valence-corrected chi connectivity index (χ1v) is 10.5. The van der Waals surface area contributed by atoms with Crippen molar-refractivity contribution in [3.63, 3.8) is 0 Å². The molecule has 0 radical (unpaired) electrons. The molecule has 1 atom stereocenters. The van der Waals surface area contributed by atoms with Gasteiger partial charge in [0.2, 0.25) is 0 Å². The molecular weight excluding hydrogens is 432 g/mol. The van der Waals surface area contributed by atoms with Crippen molar-refractivity contribution in [2.45, 2.75) is 38.2 Å². The molecule has 3 aromatic rings. The Bertz CT molecular complexity index is 1250. The van der Waals surface area contributed by atoms with Gasteiger partial charge in [-0.05, 0) is 55.5 Å². The van der Waals surface area contributed by atoms with Crippen LogP contribution in [0, 0.1) is 17.2 Å². The van der Waals surface area contributed by atoms with Crippen molar-refractivity contribution in [2.75, 3.05) is 13.7 Å². The molecule has 1 unspecified atom stereocenters. The Morgan fingerprint density at radius 1 is 1.36 bits per heavy atom. The van der Waals surface area contributed by atoms with Crippen LogP contribution in [0.2, 0.25) is 0 Å². The van der Waals surface area contributed by atoms with Crippen LogP contribution in [0.15, 0.2) is 36.7 Å². The van der Waals surface area contributed by atoms with Crippen LogP contribution >= 0.6 is 0 Å². The molecule has 0 spiro atoms. The van der Waals surface area contributed by atoms with E-state index in [9.17, 15) is 23.9 Å². The van der Waals surface area contributed by atoms with Gasteiger partial charge >= 0.3 is 6.61 Å². The van der Waals surface area contributed by atoms with Gasteiger partial charge in [-0.1, -0.05) is 0 Å². The van der Waals surface area contributed by atoms with Gasteiger partial charge in [-0.15, -0.1) is 0 Å². The van der Waals surface area contributed by atoms with E-state index in [0.717, 1.165) is 12.8 Å². The zero-order chi connectivity index (χ0) is 23.8. The molecule has 1 aliphatic rings.